The first-order chi connectivity index (χ1) is 16.0. The van der Waals surface area contributed by atoms with E-state index >= 15 is 0 Å². The van der Waals surface area contributed by atoms with E-state index in [4.69, 9.17) is 20.9 Å². The summed E-state index contributed by atoms with van der Waals surface area (Å²) in [5.41, 5.74) is 1.96. The van der Waals surface area contributed by atoms with Crippen LogP contribution in [0.2, 0.25) is 5.02 Å². The van der Waals surface area contributed by atoms with Gasteiger partial charge in [0.05, 0.1) is 29.7 Å². The van der Waals surface area contributed by atoms with Gasteiger partial charge in [-0.1, -0.05) is 31.5 Å². The molecule has 11 heteroatoms. The number of anilines is 1. The van der Waals surface area contributed by atoms with Crippen LogP contribution in [0.4, 0.5) is 5.82 Å². The summed E-state index contributed by atoms with van der Waals surface area (Å²) in [6.45, 7) is 4.13. The van der Waals surface area contributed by atoms with E-state index in [9.17, 15) is 13.5 Å². The molecule has 182 valence electrons. The largest absolute Gasteiger partial charge is 0.391 e. The molecule has 1 aromatic carbocycles. The molecule has 0 spiro atoms. The zero-order valence-electron chi connectivity index (χ0n) is 19.0. The van der Waals surface area contributed by atoms with Crippen LogP contribution in [0.15, 0.2) is 36.8 Å². The molecule has 2 heterocycles. The highest BCUT2D eigenvalue weighted by atomic mass is 35.5. The SMILES string of the molecule is CC1(C)C[C@H](Nc2ncnc3c2ccn3[C@]2(COS(N)(=O)=O)CCC[C@@H]2O)c2ccc(Cl)cc21. The summed E-state index contributed by atoms with van der Waals surface area (Å²) >= 11 is 6.26. The average molecular weight is 506 g/mol. The molecule has 2 aromatic heterocycles. The molecule has 2 aliphatic carbocycles. The van der Waals surface area contributed by atoms with Crippen molar-refractivity contribution in [3.63, 3.8) is 0 Å². The van der Waals surface area contributed by atoms with Gasteiger partial charge in [-0.25, -0.2) is 15.1 Å². The fourth-order valence-corrected chi connectivity index (χ4v) is 6.15. The van der Waals surface area contributed by atoms with Crippen molar-refractivity contribution in [1.82, 2.24) is 14.5 Å². The molecule has 34 heavy (non-hydrogen) atoms. The minimum Gasteiger partial charge on any atom is -0.391 e. The van der Waals surface area contributed by atoms with Gasteiger partial charge in [-0.3, -0.25) is 4.18 Å². The lowest BCUT2D eigenvalue weighted by molar-refractivity contribution is 0.0281. The van der Waals surface area contributed by atoms with E-state index in [1.54, 1.807) is 6.20 Å². The van der Waals surface area contributed by atoms with Gasteiger partial charge in [-0.05, 0) is 60.4 Å². The van der Waals surface area contributed by atoms with Crippen LogP contribution in [0, 0.1) is 0 Å². The van der Waals surface area contributed by atoms with Crippen LogP contribution in [0.5, 0.6) is 0 Å². The fourth-order valence-electron chi connectivity index (χ4n) is 5.61. The van der Waals surface area contributed by atoms with Crippen LogP contribution >= 0.6 is 11.6 Å². The van der Waals surface area contributed by atoms with E-state index in [2.05, 4.69) is 35.2 Å². The molecule has 0 bridgehead atoms. The average Bonchev–Trinajstić information content (AvgIpc) is 3.42. The number of nitrogens with zero attached hydrogens (tertiary/aromatic N) is 3. The van der Waals surface area contributed by atoms with Crippen molar-refractivity contribution in [1.29, 1.82) is 0 Å². The molecule has 0 unspecified atom stereocenters. The minimum absolute atomic E-state index is 0.0421. The molecular weight excluding hydrogens is 478 g/mol. The topological polar surface area (TPSA) is 132 Å². The van der Waals surface area contributed by atoms with Gasteiger partial charge >= 0.3 is 10.3 Å². The minimum atomic E-state index is -4.16. The van der Waals surface area contributed by atoms with Gasteiger partial charge in [0.15, 0.2) is 0 Å². The number of hydrogen-bond acceptors (Lipinski definition) is 7. The van der Waals surface area contributed by atoms with Crippen molar-refractivity contribution in [3.05, 3.63) is 52.9 Å². The number of fused-ring (bicyclic) bond motifs is 2. The van der Waals surface area contributed by atoms with E-state index < -0.39 is 21.9 Å². The molecule has 0 amide bonds. The molecule has 0 aliphatic heterocycles. The number of nitrogens with two attached hydrogens (primary N) is 1. The lowest BCUT2D eigenvalue weighted by atomic mass is 9.86. The molecule has 3 aromatic rings. The van der Waals surface area contributed by atoms with E-state index in [1.807, 2.05) is 22.8 Å². The zero-order chi connectivity index (χ0) is 24.3. The zero-order valence-corrected chi connectivity index (χ0v) is 20.6. The van der Waals surface area contributed by atoms with Crippen LogP contribution in [-0.2, 0) is 25.4 Å². The van der Waals surface area contributed by atoms with Crippen LogP contribution in [0.3, 0.4) is 0 Å². The molecular formula is C23H28ClN5O4S. The first-order valence-corrected chi connectivity index (χ1v) is 13.1. The van der Waals surface area contributed by atoms with Gasteiger partial charge in [0.25, 0.3) is 0 Å². The van der Waals surface area contributed by atoms with Gasteiger partial charge in [-0.2, -0.15) is 8.42 Å². The number of rotatable bonds is 6. The molecule has 2 aliphatic rings. The number of aromatic nitrogens is 3. The predicted molar refractivity (Wildman–Crippen MR) is 130 cm³/mol. The normalized spacial score (nSPS) is 26.1. The third-order valence-electron chi connectivity index (χ3n) is 7.29. The number of aliphatic hydroxyl groups excluding tert-OH is 1. The maximum atomic E-state index is 11.5. The number of aliphatic hydroxyl groups is 1. The van der Waals surface area contributed by atoms with Crippen molar-refractivity contribution >= 4 is 38.8 Å². The Morgan fingerprint density at radius 1 is 1.32 bits per heavy atom. The Morgan fingerprint density at radius 3 is 2.82 bits per heavy atom. The van der Waals surface area contributed by atoms with Crippen molar-refractivity contribution in [2.75, 3.05) is 11.9 Å². The fraction of sp³-hybridized carbons (Fsp3) is 0.478. The maximum Gasteiger partial charge on any atom is 0.333 e. The Kier molecular flexibility index (Phi) is 5.64. The predicted octanol–water partition coefficient (Wildman–Crippen LogP) is 3.38. The summed E-state index contributed by atoms with van der Waals surface area (Å²) in [6, 6.07) is 7.91. The standard InChI is InChI=1S/C23H28ClN5O4S/c1-22(2)11-18(15-6-5-14(24)10-17(15)22)28-20-16-7-9-29(21(16)27-13-26-20)23(8-3-4-19(23)30)12-33-34(25,31)32/h5-7,9-10,13,18-19,30H,3-4,8,11-12H2,1-2H3,(H2,25,31,32)(H,26,27,28)/t18-,19-,23-/m0/s1. The van der Waals surface area contributed by atoms with Gasteiger partial charge in [-0.15, -0.1) is 0 Å². The molecule has 9 nitrogen and oxygen atoms in total. The monoisotopic (exact) mass is 505 g/mol. The van der Waals surface area contributed by atoms with Gasteiger partial charge < -0.3 is 15.0 Å². The molecule has 5 rings (SSSR count). The van der Waals surface area contributed by atoms with Crippen molar-refractivity contribution in [3.8, 4) is 0 Å². The van der Waals surface area contributed by atoms with Crippen molar-refractivity contribution in [2.24, 2.45) is 5.14 Å². The lowest BCUT2D eigenvalue weighted by Gasteiger charge is -2.34. The Labute approximate surface area is 203 Å². The molecule has 4 N–H and O–H groups in total. The van der Waals surface area contributed by atoms with Crippen molar-refractivity contribution < 1.29 is 17.7 Å². The first kappa shape index (κ1) is 23.5. The third kappa shape index (κ3) is 3.97. The highest BCUT2D eigenvalue weighted by molar-refractivity contribution is 7.84. The molecule has 1 fully saturated rings. The molecule has 3 atom stereocenters. The summed E-state index contributed by atoms with van der Waals surface area (Å²) in [6.07, 6.45) is 5.13. The van der Waals surface area contributed by atoms with Crippen LogP contribution in [0.25, 0.3) is 11.0 Å². The van der Waals surface area contributed by atoms with Gasteiger partial charge in [0.1, 0.15) is 17.8 Å². The smallest absolute Gasteiger partial charge is 0.333 e. The Bertz CT molecular complexity index is 1360. The number of benzene rings is 1. The highest BCUT2D eigenvalue weighted by Crippen LogP contribution is 2.47. The summed E-state index contributed by atoms with van der Waals surface area (Å²) in [5.74, 6) is 0.669. The third-order valence-corrected chi connectivity index (χ3v) is 7.97. The van der Waals surface area contributed by atoms with Crippen molar-refractivity contribution in [2.45, 2.75) is 62.6 Å². The van der Waals surface area contributed by atoms with E-state index in [-0.39, 0.29) is 18.1 Å². The van der Waals surface area contributed by atoms with Crippen LogP contribution < -0.4 is 10.5 Å². The summed E-state index contributed by atoms with van der Waals surface area (Å²) in [7, 11) is -4.16. The summed E-state index contributed by atoms with van der Waals surface area (Å²) in [5, 5.41) is 21.0. The second-order valence-electron chi connectivity index (χ2n) is 9.93. The Morgan fingerprint density at radius 2 is 2.12 bits per heavy atom. The number of halogens is 1. The molecule has 1 saturated carbocycles. The second-order valence-corrected chi connectivity index (χ2v) is 11.6. The maximum absolute atomic E-state index is 11.5. The molecule has 0 radical (unpaired) electrons. The summed E-state index contributed by atoms with van der Waals surface area (Å²) in [4.78, 5) is 8.98. The van der Waals surface area contributed by atoms with Crippen LogP contribution in [0.1, 0.15) is 56.7 Å². The number of nitrogens with one attached hydrogen (secondary N) is 1. The van der Waals surface area contributed by atoms with E-state index in [0.29, 0.717) is 24.3 Å². The van der Waals surface area contributed by atoms with E-state index in [1.165, 1.54) is 17.5 Å². The summed E-state index contributed by atoms with van der Waals surface area (Å²) < 4.78 is 29.8. The van der Waals surface area contributed by atoms with Gasteiger partial charge in [0, 0.05) is 11.2 Å². The number of hydrogen-bond donors (Lipinski definition) is 3. The Balaban J connectivity index is 1.53. The van der Waals surface area contributed by atoms with E-state index in [0.717, 1.165) is 23.3 Å². The first-order valence-electron chi connectivity index (χ1n) is 11.2. The molecule has 0 saturated heterocycles. The van der Waals surface area contributed by atoms with Gasteiger partial charge in [0.2, 0.25) is 0 Å². The van der Waals surface area contributed by atoms with Crippen LogP contribution in [-0.4, -0.2) is 40.8 Å². The second kappa shape index (κ2) is 8.17. The Hall–Kier alpha value is -2.24. The lowest BCUT2D eigenvalue weighted by Crippen LogP contribution is -2.46. The highest BCUT2D eigenvalue weighted by Gasteiger charge is 2.46. The quantitative estimate of drug-likeness (QED) is 0.467.